The summed E-state index contributed by atoms with van der Waals surface area (Å²) in [5.74, 6) is -0.194. The number of ether oxygens (including phenoxy) is 1. The fourth-order valence-corrected chi connectivity index (χ4v) is 1.74. The molecule has 5 nitrogen and oxygen atoms in total. The Hall–Kier alpha value is -1.75. The van der Waals surface area contributed by atoms with E-state index in [1.54, 1.807) is 31.2 Å². The van der Waals surface area contributed by atoms with E-state index in [0.717, 1.165) is 0 Å². The van der Waals surface area contributed by atoms with Gasteiger partial charge in [-0.15, -0.1) is 0 Å². The van der Waals surface area contributed by atoms with Crippen LogP contribution in [0.5, 0.6) is 5.75 Å². The van der Waals surface area contributed by atoms with E-state index in [2.05, 4.69) is 10.6 Å². The molecule has 0 fully saturated rings. The molecule has 0 spiro atoms. The molecule has 0 aliphatic carbocycles. The number of nitrogens with one attached hydrogen (secondary N) is 2. The maximum Gasteiger partial charge on any atom is 0.261 e. The van der Waals surface area contributed by atoms with Crippen LogP contribution in [0.1, 0.15) is 27.7 Å². The molecule has 6 heteroatoms. The molecular weight excluding hydrogens is 292 g/mol. The maximum atomic E-state index is 11.9. The van der Waals surface area contributed by atoms with Crippen molar-refractivity contribution in [3.63, 3.8) is 0 Å². The smallest absolute Gasteiger partial charge is 0.261 e. The molecule has 0 bridgehead atoms. The molecule has 1 rings (SSSR count). The lowest BCUT2D eigenvalue weighted by atomic mass is 10.1. The van der Waals surface area contributed by atoms with Gasteiger partial charge in [-0.05, 0) is 39.8 Å². The Morgan fingerprint density at radius 2 is 1.90 bits per heavy atom. The Morgan fingerprint density at radius 1 is 1.29 bits per heavy atom. The summed E-state index contributed by atoms with van der Waals surface area (Å²) in [6.07, 6.45) is -0.743. The Kier molecular flexibility index (Phi) is 6.03. The largest absolute Gasteiger partial charge is 0.479 e. The fraction of sp³-hybridized carbons (Fsp3) is 0.467. The number of benzene rings is 1. The Morgan fingerprint density at radius 3 is 2.48 bits per heavy atom. The highest BCUT2D eigenvalue weighted by Crippen LogP contribution is 2.24. The summed E-state index contributed by atoms with van der Waals surface area (Å²) in [6, 6.07) is 6.90. The number of para-hydroxylation sites is 1. The first-order valence-corrected chi connectivity index (χ1v) is 7.07. The fourth-order valence-electron chi connectivity index (χ4n) is 1.56. The summed E-state index contributed by atoms with van der Waals surface area (Å²) in [5, 5.41) is 5.72. The Labute approximate surface area is 130 Å². The van der Waals surface area contributed by atoms with E-state index in [0.29, 0.717) is 10.8 Å². The van der Waals surface area contributed by atoms with Gasteiger partial charge in [0.1, 0.15) is 5.75 Å². The van der Waals surface area contributed by atoms with Gasteiger partial charge in [-0.25, -0.2) is 0 Å². The van der Waals surface area contributed by atoms with E-state index < -0.39 is 6.10 Å². The molecular formula is C15H21ClN2O3. The van der Waals surface area contributed by atoms with Crippen LogP contribution in [0.2, 0.25) is 5.02 Å². The number of halogens is 1. The molecule has 0 aliphatic heterocycles. The number of hydrogen-bond acceptors (Lipinski definition) is 3. The normalized spacial score (nSPS) is 12.4. The van der Waals surface area contributed by atoms with Crippen molar-refractivity contribution in [1.29, 1.82) is 0 Å². The van der Waals surface area contributed by atoms with Crippen molar-refractivity contribution in [2.75, 3.05) is 6.54 Å². The van der Waals surface area contributed by atoms with Crippen molar-refractivity contribution in [3.05, 3.63) is 29.3 Å². The maximum absolute atomic E-state index is 11.9. The van der Waals surface area contributed by atoms with Gasteiger partial charge in [0.05, 0.1) is 11.6 Å². The summed E-state index contributed by atoms with van der Waals surface area (Å²) in [7, 11) is 0. The van der Waals surface area contributed by atoms with Crippen LogP contribution in [0.4, 0.5) is 0 Å². The summed E-state index contributed by atoms with van der Waals surface area (Å²) < 4.78 is 5.46. The van der Waals surface area contributed by atoms with E-state index in [9.17, 15) is 9.59 Å². The van der Waals surface area contributed by atoms with Crippen LogP contribution in [-0.4, -0.2) is 30.0 Å². The van der Waals surface area contributed by atoms with Crippen molar-refractivity contribution >= 4 is 23.4 Å². The minimum Gasteiger partial charge on any atom is -0.479 e. The average Bonchev–Trinajstić information content (AvgIpc) is 2.36. The van der Waals surface area contributed by atoms with E-state index in [1.807, 2.05) is 20.8 Å². The summed E-state index contributed by atoms with van der Waals surface area (Å²) in [4.78, 5) is 23.5. The van der Waals surface area contributed by atoms with Crippen LogP contribution >= 0.6 is 11.6 Å². The zero-order valence-electron chi connectivity index (χ0n) is 12.7. The van der Waals surface area contributed by atoms with Crippen molar-refractivity contribution < 1.29 is 14.3 Å². The molecule has 21 heavy (non-hydrogen) atoms. The number of hydrogen-bond donors (Lipinski definition) is 2. The van der Waals surface area contributed by atoms with Crippen molar-refractivity contribution in [3.8, 4) is 5.75 Å². The predicted octanol–water partition coefficient (Wildman–Crippen LogP) is 2.14. The molecule has 1 aromatic carbocycles. The monoisotopic (exact) mass is 312 g/mol. The Balaban J connectivity index is 2.45. The molecule has 0 saturated heterocycles. The molecule has 2 amide bonds. The van der Waals surface area contributed by atoms with Gasteiger partial charge in [0.2, 0.25) is 5.91 Å². The van der Waals surface area contributed by atoms with Gasteiger partial charge in [0.15, 0.2) is 6.10 Å². The third kappa shape index (κ3) is 6.49. The van der Waals surface area contributed by atoms with Crippen LogP contribution in [-0.2, 0) is 9.59 Å². The van der Waals surface area contributed by atoms with Gasteiger partial charge in [-0.1, -0.05) is 23.7 Å². The second kappa shape index (κ2) is 7.31. The van der Waals surface area contributed by atoms with E-state index >= 15 is 0 Å². The van der Waals surface area contributed by atoms with Crippen LogP contribution in [0.15, 0.2) is 24.3 Å². The molecule has 0 saturated carbocycles. The quantitative estimate of drug-likeness (QED) is 0.875. The first-order valence-electron chi connectivity index (χ1n) is 6.69. The van der Waals surface area contributed by atoms with Crippen LogP contribution in [0, 0.1) is 0 Å². The number of amides is 2. The molecule has 2 N–H and O–H groups in total. The minimum atomic E-state index is -0.743. The van der Waals surface area contributed by atoms with E-state index in [4.69, 9.17) is 16.3 Å². The van der Waals surface area contributed by atoms with Crippen LogP contribution in [0.25, 0.3) is 0 Å². The predicted molar refractivity (Wildman–Crippen MR) is 82.4 cm³/mol. The van der Waals surface area contributed by atoms with Crippen LogP contribution < -0.4 is 15.4 Å². The standard InChI is InChI=1S/C15H21ClN2O3/c1-10(21-12-8-6-5-7-11(12)16)14(20)17-9-13(19)18-15(2,3)4/h5-8,10H,9H2,1-4H3,(H,17,20)(H,18,19). The number of carbonyl (C=O) groups is 2. The third-order valence-corrected chi connectivity index (χ3v) is 2.76. The first kappa shape index (κ1) is 17.3. The Bertz CT molecular complexity index is 512. The summed E-state index contributed by atoms with van der Waals surface area (Å²) in [5.41, 5.74) is -0.332. The number of carbonyl (C=O) groups excluding carboxylic acids is 2. The van der Waals surface area contributed by atoms with Crippen molar-refractivity contribution in [1.82, 2.24) is 10.6 Å². The minimum absolute atomic E-state index is 0.0909. The molecule has 0 radical (unpaired) electrons. The average molecular weight is 313 g/mol. The highest BCUT2D eigenvalue weighted by molar-refractivity contribution is 6.32. The summed E-state index contributed by atoms with van der Waals surface area (Å²) >= 11 is 5.95. The third-order valence-electron chi connectivity index (χ3n) is 2.45. The highest BCUT2D eigenvalue weighted by Gasteiger charge is 2.18. The molecule has 1 atom stereocenters. The second-order valence-electron chi connectivity index (χ2n) is 5.71. The SMILES string of the molecule is CC(Oc1ccccc1Cl)C(=O)NCC(=O)NC(C)(C)C. The number of rotatable bonds is 5. The van der Waals surface area contributed by atoms with Gasteiger partial charge < -0.3 is 15.4 Å². The van der Waals surface area contributed by atoms with Crippen molar-refractivity contribution in [2.24, 2.45) is 0 Å². The lowest BCUT2D eigenvalue weighted by Crippen LogP contribution is -2.47. The second-order valence-corrected chi connectivity index (χ2v) is 6.11. The van der Waals surface area contributed by atoms with E-state index in [1.165, 1.54) is 0 Å². The topological polar surface area (TPSA) is 67.4 Å². The molecule has 116 valence electrons. The lowest BCUT2D eigenvalue weighted by molar-refractivity contribution is -0.130. The van der Waals surface area contributed by atoms with Gasteiger partial charge in [-0.3, -0.25) is 9.59 Å². The zero-order chi connectivity index (χ0) is 16.0. The van der Waals surface area contributed by atoms with Gasteiger partial charge in [0, 0.05) is 5.54 Å². The van der Waals surface area contributed by atoms with Crippen LogP contribution in [0.3, 0.4) is 0 Å². The van der Waals surface area contributed by atoms with Gasteiger partial charge in [-0.2, -0.15) is 0 Å². The molecule has 0 aromatic heterocycles. The van der Waals surface area contributed by atoms with Crippen molar-refractivity contribution in [2.45, 2.75) is 39.3 Å². The molecule has 0 aliphatic rings. The van der Waals surface area contributed by atoms with Gasteiger partial charge in [0.25, 0.3) is 5.91 Å². The van der Waals surface area contributed by atoms with E-state index in [-0.39, 0.29) is 23.9 Å². The van der Waals surface area contributed by atoms with Gasteiger partial charge >= 0.3 is 0 Å². The zero-order valence-corrected chi connectivity index (χ0v) is 13.5. The molecule has 0 heterocycles. The lowest BCUT2D eigenvalue weighted by Gasteiger charge is -2.21. The highest BCUT2D eigenvalue weighted by atomic mass is 35.5. The molecule has 1 aromatic rings. The first-order chi connectivity index (χ1) is 9.69. The summed E-state index contributed by atoms with van der Waals surface area (Å²) in [6.45, 7) is 7.12. The molecule has 1 unspecified atom stereocenters.